The smallest absolute Gasteiger partial charge is 0.221 e. The van der Waals surface area contributed by atoms with Crippen LogP contribution in [0.4, 0.5) is 5.69 Å². The molecule has 40 heavy (non-hydrogen) atoms. The lowest BCUT2D eigenvalue weighted by atomic mass is 9.89. The van der Waals surface area contributed by atoms with Gasteiger partial charge in [0.05, 0.1) is 33.0 Å². The first-order chi connectivity index (χ1) is 19.4. The van der Waals surface area contributed by atoms with Gasteiger partial charge in [-0.15, -0.1) is 0 Å². The van der Waals surface area contributed by atoms with Crippen LogP contribution in [-0.2, 0) is 33.8 Å². The van der Waals surface area contributed by atoms with Gasteiger partial charge in [0.1, 0.15) is 0 Å². The number of carbonyl (C=O) groups excluding carboxylic acids is 1. The van der Waals surface area contributed by atoms with Crippen molar-refractivity contribution >= 4 is 11.6 Å². The van der Waals surface area contributed by atoms with Gasteiger partial charge < -0.3 is 29.4 Å². The lowest BCUT2D eigenvalue weighted by molar-refractivity contribution is -0.276. The Kier molecular flexibility index (Phi) is 8.71. The number of rotatable bonds is 8. The molecule has 1 amide bonds. The number of anilines is 1. The number of methoxy groups -OCH3 is 2. The van der Waals surface area contributed by atoms with E-state index in [1.54, 1.807) is 14.2 Å². The number of nitrogens with one attached hydrogen (secondary N) is 1. The van der Waals surface area contributed by atoms with Crippen LogP contribution in [0.1, 0.15) is 54.1 Å². The summed E-state index contributed by atoms with van der Waals surface area (Å²) in [7, 11) is 3.33. The Morgan fingerprint density at radius 1 is 0.975 bits per heavy atom. The number of ether oxygens (including phenoxy) is 4. The van der Waals surface area contributed by atoms with Gasteiger partial charge in [0.25, 0.3) is 0 Å². The summed E-state index contributed by atoms with van der Waals surface area (Å²) in [5.74, 6) is 1.48. The first kappa shape index (κ1) is 28.1. The molecule has 8 heteroatoms. The maximum Gasteiger partial charge on any atom is 0.221 e. The molecule has 2 aliphatic heterocycles. The largest absolute Gasteiger partial charge is 0.493 e. The predicted molar refractivity (Wildman–Crippen MR) is 152 cm³/mol. The van der Waals surface area contributed by atoms with Gasteiger partial charge in [-0.25, -0.2) is 0 Å². The quantitative estimate of drug-likeness (QED) is 0.411. The highest BCUT2D eigenvalue weighted by atomic mass is 16.7. The van der Waals surface area contributed by atoms with Gasteiger partial charge in [0, 0.05) is 43.7 Å². The summed E-state index contributed by atoms with van der Waals surface area (Å²) in [5, 5.41) is 12.3. The van der Waals surface area contributed by atoms with Gasteiger partial charge in [-0.1, -0.05) is 43.3 Å². The molecular formula is C32H38N2O6. The van der Waals surface area contributed by atoms with Crippen LogP contribution >= 0.6 is 0 Å². The van der Waals surface area contributed by atoms with Crippen molar-refractivity contribution in [2.24, 2.45) is 5.92 Å². The second-order valence-electron chi connectivity index (χ2n) is 10.6. The molecule has 5 rings (SSSR count). The normalized spacial score (nSPS) is 22.8. The Bertz CT molecular complexity index is 1310. The molecule has 0 unspecified atom stereocenters. The molecule has 1 fully saturated rings. The molecule has 0 aliphatic carbocycles. The average molecular weight is 547 g/mol. The van der Waals surface area contributed by atoms with E-state index in [0.29, 0.717) is 0 Å². The van der Waals surface area contributed by atoms with Crippen LogP contribution in [0.15, 0.2) is 60.7 Å². The molecule has 0 radical (unpaired) electrons. The number of nitrogens with zero attached hydrogens (tertiary/aromatic N) is 1. The molecular weight excluding hydrogens is 508 g/mol. The van der Waals surface area contributed by atoms with E-state index in [1.807, 2.05) is 48.5 Å². The summed E-state index contributed by atoms with van der Waals surface area (Å²) in [4.78, 5) is 13.9. The molecule has 212 valence electrons. The zero-order chi connectivity index (χ0) is 28.2. The van der Waals surface area contributed by atoms with Gasteiger partial charge in [0.2, 0.25) is 5.91 Å². The second kappa shape index (κ2) is 12.4. The first-order valence-electron chi connectivity index (χ1n) is 13.7. The minimum absolute atomic E-state index is 0.00343. The Hall–Kier alpha value is -3.43. The van der Waals surface area contributed by atoms with Crippen molar-refractivity contribution < 1.29 is 28.8 Å². The number of carbonyl (C=O) groups is 1. The number of hydrogen-bond acceptors (Lipinski definition) is 7. The van der Waals surface area contributed by atoms with Crippen molar-refractivity contribution in [3.8, 4) is 11.5 Å². The van der Waals surface area contributed by atoms with Crippen LogP contribution in [0.5, 0.6) is 11.5 Å². The molecule has 0 saturated carbocycles. The zero-order valence-corrected chi connectivity index (χ0v) is 23.6. The van der Waals surface area contributed by atoms with Crippen LogP contribution in [0.25, 0.3) is 0 Å². The second-order valence-corrected chi connectivity index (χ2v) is 10.6. The van der Waals surface area contributed by atoms with Crippen LogP contribution < -0.4 is 14.8 Å². The van der Waals surface area contributed by atoms with Gasteiger partial charge in [-0.2, -0.15) is 0 Å². The number of amides is 1. The van der Waals surface area contributed by atoms with E-state index in [9.17, 15) is 9.90 Å². The monoisotopic (exact) mass is 546 g/mol. The van der Waals surface area contributed by atoms with Crippen molar-refractivity contribution in [1.82, 2.24) is 4.90 Å². The molecule has 3 aromatic carbocycles. The van der Waals surface area contributed by atoms with E-state index in [1.165, 1.54) is 18.1 Å². The summed E-state index contributed by atoms with van der Waals surface area (Å²) < 4.78 is 24.3. The lowest BCUT2D eigenvalue weighted by Gasteiger charge is -2.43. The molecule has 0 bridgehead atoms. The van der Waals surface area contributed by atoms with Gasteiger partial charge >= 0.3 is 0 Å². The molecule has 2 aliphatic rings. The maximum absolute atomic E-state index is 11.5. The molecule has 8 nitrogen and oxygen atoms in total. The summed E-state index contributed by atoms with van der Waals surface area (Å²) in [6.45, 7) is 6.15. The van der Waals surface area contributed by atoms with Crippen molar-refractivity contribution in [3.63, 3.8) is 0 Å². The number of benzene rings is 3. The summed E-state index contributed by atoms with van der Waals surface area (Å²) in [6, 6.07) is 19.7. The SMILES string of the molecule is COc1cc2c(cc1OC)CN(C[C@H]1O[C@@H](c3ccc(NC(C)=O)cc3)O[C@@H](c3ccc(CO)cc3)[C@H]1C)CC2. The minimum Gasteiger partial charge on any atom is -0.493 e. The molecule has 3 aromatic rings. The highest BCUT2D eigenvalue weighted by molar-refractivity contribution is 5.88. The van der Waals surface area contributed by atoms with E-state index in [2.05, 4.69) is 29.3 Å². The van der Waals surface area contributed by atoms with E-state index in [4.69, 9.17) is 18.9 Å². The third kappa shape index (κ3) is 6.15. The molecule has 4 atom stereocenters. The fourth-order valence-corrected chi connectivity index (χ4v) is 5.61. The van der Waals surface area contributed by atoms with Crippen LogP contribution in [0.2, 0.25) is 0 Å². The van der Waals surface area contributed by atoms with Crippen molar-refractivity contribution in [2.75, 3.05) is 32.6 Å². The fourth-order valence-electron chi connectivity index (χ4n) is 5.61. The molecule has 1 saturated heterocycles. The fraction of sp³-hybridized carbons (Fsp3) is 0.406. The predicted octanol–water partition coefficient (Wildman–Crippen LogP) is 5.00. The van der Waals surface area contributed by atoms with E-state index < -0.39 is 6.29 Å². The van der Waals surface area contributed by atoms with E-state index in [-0.39, 0.29) is 30.6 Å². The minimum atomic E-state index is -0.559. The molecule has 0 aromatic heterocycles. The first-order valence-corrected chi connectivity index (χ1v) is 13.7. The third-order valence-corrected chi connectivity index (χ3v) is 7.86. The summed E-state index contributed by atoms with van der Waals surface area (Å²) in [6.07, 6.45) is 0.0929. The number of fused-ring (bicyclic) bond motifs is 1. The average Bonchev–Trinajstić information content (AvgIpc) is 2.97. The van der Waals surface area contributed by atoms with E-state index >= 15 is 0 Å². The van der Waals surface area contributed by atoms with E-state index in [0.717, 1.165) is 59.9 Å². The summed E-state index contributed by atoms with van der Waals surface area (Å²) in [5.41, 5.74) is 6.07. The van der Waals surface area contributed by atoms with Crippen molar-refractivity contribution in [2.45, 2.75) is 51.9 Å². The van der Waals surface area contributed by atoms with Crippen molar-refractivity contribution in [3.05, 3.63) is 88.5 Å². The topological polar surface area (TPSA) is 89.5 Å². The maximum atomic E-state index is 11.5. The zero-order valence-electron chi connectivity index (χ0n) is 23.6. The summed E-state index contributed by atoms with van der Waals surface area (Å²) >= 11 is 0. The number of hydrogen-bond donors (Lipinski definition) is 2. The molecule has 2 N–H and O–H groups in total. The Balaban J connectivity index is 1.38. The van der Waals surface area contributed by atoms with Gasteiger partial charge in [0.15, 0.2) is 17.8 Å². The van der Waals surface area contributed by atoms with Crippen LogP contribution in [0, 0.1) is 5.92 Å². The number of aliphatic hydroxyl groups excluding tert-OH is 1. The standard InChI is InChI=1S/C32H38N2O6/c1-20-30(18-34-14-13-25-15-28(37-3)29(38-4)16-26(25)17-34)39-32(24-9-11-27(12-10-24)33-21(2)36)40-31(20)23-7-5-22(19-35)6-8-23/h5-12,15-16,20,30-32,35H,13-14,17-19H2,1-4H3,(H,33,36)/t20-,30+,31+,32+/m0/s1. The van der Waals surface area contributed by atoms with Crippen LogP contribution in [0.3, 0.4) is 0 Å². The van der Waals surface area contributed by atoms with Crippen LogP contribution in [-0.4, -0.2) is 49.3 Å². The lowest BCUT2D eigenvalue weighted by Crippen LogP contribution is -2.45. The van der Waals surface area contributed by atoms with Gasteiger partial charge in [-0.05, 0) is 52.9 Å². The Labute approximate surface area is 235 Å². The number of aliphatic hydroxyl groups is 1. The highest BCUT2D eigenvalue weighted by Gasteiger charge is 2.39. The Morgan fingerprint density at radius 2 is 1.62 bits per heavy atom. The molecule has 2 heterocycles. The van der Waals surface area contributed by atoms with Crippen molar-refractivity contribution in [1.29, 1.82) is 0 Å². The molecule has 0 spiro atoms. The highest BCUT2D eigenvalue weighted by Crippen LogP contribution is 2.42. The van der Waals surface area contributed by atoms with Gasteiger partial charge in [-0.3, -0.25) is 9.69 Å². The Morgan fingerprint density at radius 3 is 2.25 bits per heavy atom. The third-order valence-electron chi connectivity index (χ3n) is 7.86.